The highest BCUT2D eigenvalue weighted by molar-refractivity contribution is 8.01. The number of thioether (sulfide) groups is 1. The summed E-state index contributed by atoms with van der Waals surface area (Å²) in [7, 11) is 0. The minimum atomic E-state index is -4.52. The number of anilines is 1. The van der Waals surface area contributed by atoms with Gasteiger partial charge in [0.25, 0.3) is 0 Å². The van der Waals surface area contributed by atoms with Crippen molar-refractivity contribution in [2.24, 2.45) is 0 Å². The van der Waals surface area contributed by atoms with Gasteiger partial charge in [0, 0.05) is 6.54 Å². The Morgan fingerprint density at radius 3 is 2.70 bits per heavy atom. The van der Waals surface area contributed by atoms with Crippen LogP contribution in [0.5, 0.6) is 0 Å². The Labute approximate surface area is 138 Å². The summed E-state index contributed by atoms with van der Waals surface area (Å²) in [6.45, 7) is 1.34. The number of hydrogen-bond donors (Lipinski definition) is 3. The number of alkyl halides is 3. The SMILES string of the molecule is CCCCNc1nnc(SCC(=O)NC(=O)NCC(F)(F)F)s1. The van der Waals surface area contributed by atoms with Gasteiger partial charge in [-0.15, -0.1) is 10.2 Å². The quantitative estimate of drug-likeness (QED) is 0.479. The van der Waals surface area contributed by atoms with Crippen molar-refractivity contribution >= 4 is 40.2 Å². The summed E-state index contributed by atoms with van der Waals surface area (Å²) in [6.07, 6.45) is -2.48. The van der Waals surface area contributed by atoms with Crippen LogP contribution in [0.1, 0.15) is 19.8 Å². The molecule has 130 valence electrons. The van der Waals surface area contributed by atoms with E-state index in [0.717, 1.165) is 31.1 Å². The molecule has 0 saturated heterocycles. The molecule has 0 radical (unpaired) electrons. The van der Waals surface area contributed by atoms with Gasteiger partial charge < -0.3 is 10.6 Å². The molecule has 3 amide bonds. The van der Waals surface area contributed by atoms with Crippen molar-refractivity contribution in [2.75, 3.05) is 24.2 Å². The topological polar surface area (TPSA) is 96.0 Å². The average Bonchev–Trinajstić information content (AvgIpc) is 2.90. The van der Waals surface area contributed by atoms with Gasteiger partial charge in [-0.05, 0) is 6.42 Å². The molecule has 0 fully saturated rings. The minimum absolute atomic E-state index is 0.150. The zero-order chi connectivity index (χ0) is 17.3. The lowest BCUT2D eigenvalue weighted by Gasteiger charge is -2.08. The Bertz CT molecular complexity index is 524. The lowest BCUT2D eigenvalue weighted by molar-refractivity contribution is -0.124. The van der Waals surface area contributed by atoms with Gasteiger partial charge in [-0.1, -0.05) is 36.4 Å². The zero-order valence-corrected chi connectivity index (χ0v) is 13.8. The second-order valence-electron chi connectivity index (χ2n) is 4.29. The third-order valence-electron chi connectivity index (χ3n) is 2.24. The Hall–Kier alpha value is -1.56. The number of nitrogens with zero attached hydrogens (tertiary/aromatic N) is 2. The minimum Gasteiger partial charge on any atom is -0.360 e. The Balaban J connectivity index is 2.26. The number of urea groups is 1. The van der Waals surface area contributed by atoms with Gasteiger partial charge >= 0.3 is 12.2 Å². The van der Waals surface area contributed by atoms with Crippen molar-refractivity contribution in [1.29, 1.82) is 0 Å². The van der Waals surface area contributed by atoms with Crippen molar-refractivity contribution < 1.29 is 22.8 Å². The summed E-state index contributed by atoms with van der Waals surface area (Å²) >= 11 is 2.30. The van der Waals surface area contributed by atoms with Gasteiger partial charge in [0.15, 0.2) is 4.34 Å². The van der Waals surface area contributed by atoms with Crippen LogP contribution < -0.4 is 16.0 Å². The van der Waals surface area contributed by atoms with E-state index in [9.17, 15) is 22.8 Å². The predicted molar refractivity (Wildman–Crippen MR) is 81.6 cm³/mol. The molecule has 7 nitrogen and oxygen atoms in total. The van der Waals surface area contributed by atoms with E-state index >= 15 is 0 Å². The fraction of sp³-hybridized carbons (Fsp3) is 0.636. The number of imide groups is 1. The van der Waals surface area contributed by atoms with Crippen molar-refractivity contribution in [2.45, 2.75) is 30.3 Å². The number of hydrogen-bond acceptors (Lipinski definition) is 7. The molecule has 0 aliphatic carbocycles. The van der Waals surface area contributed by atoms with Gasteiger partial charge in [0.05, 0.1) is 5.75 Å². The summed E-state index contributed by atoms with van der Waals surface area (Å²) in [6, 6.07) is -1.19. The van der Waals surface area contributed by atoms with E-state index in [1.807, 2.05) is 0 Å². The molecule has 1 rings (SSSR count). The van der Waals surface area contributed by atoms with Crippen molar-refractivity contribution in [3.8, 4) is 0 Å². The van der Waals surface area contributed by atoms with Crippen LogP contribution in [0.3, 0.4) is 0 Å². The third kappa shape index (κ3) is 9.23. The average molecular weight is 371 g/mol. The molecule has 0 spiro atoms. The number of carbonyl (C=O) groups is 2. The van der Waals surface area contributed by atoms with E-state index in [4.69, 9.17) is 0 Å². The first kappa shape index (κ1) is 19.5. The van der Waals surface area contributed by atoms with Crippen molar-refractivity contribution in [1.82, 2.24) is 20.8 Å². The molecule has 23 heavy (non-hydrogen) atoms. The molecule has 1 aromatic heterocycles. The Morgan fingerprint density at radius 1 is 1.30 bits per heavy atom. The second kappa shape index (κ2) is 9.55. The summed E-state index contributed by atoms with van der Waals surface area (Å²) in [5.41, 5.74) is 0. The lowest BCUT2D eigenvalue weighted by Crippen LogP contribution is -2.43. The van der Waals surface area contributed by atoms with Gasteiger partial charge in [-0.25, -0.2) is 4.79 Å². The molecule has 0 unspecified atom stereocenters. The van der Waals surface area contributed by atoms with Crippen LogP contribution in [-0.2, 0) is 4.79 Å². The standard InChI is InChI=1S/C11H16F3N5O2S2/c1-2-3-4-15-9-18-19-10(23-9)22-5-7(20)17-8(21)16-6-11(12,13)14/h2-6H2,1H3,(H,15,18)(H2,16,17,20,21). The molecule has 0 bridgehead atoms. The first-order chi connectivity index (χ1) is 10.8. The van der Waals surface area contributed by atoms with Crippen molar-refractivity contribution in [3.05, 3.63) is 0 Å². The molecule has 0 aliphatic heterocycles. The lowest BCUT2D eigenvalue weighted by atomic mass is 10.3. The van der Waals surface area contributed by atoms with Crippen LogP contribution in [0.4, 0.5) is 23.1 Å². The number of nitrogens with one attached hydrogen (secondary N) is 3. The molecule has 3 N–H and O–H groups in total. The molecule has 0 aromatic carbocycles. The molecule has 0 aliphatic rings. The normalized spacial score (nSPS) is 11.1. The fourth-order valence-electron chi connectivity index (χ4n) is 1.23. The largest absolute Gasteiger partial charge is 0.405 e. The molecular formula is C11H16F3N5O2S2. The number of halogens is 3. The third-order valence-corrected chi connectivity index (χ3v) is 4.26. The summed E-state index contributed by atoms with van der Waals surface area (Å²) in [5, 5.41) is 14.8. The summed E-state index contributed by atoms with van der Waals surface area (Å²) < 4.78 is 36.2. The number of rotatable bonds is 8. The van der Waals surface area contributed by atoms with Crippen LogP contribution in [0.25, 0.3) is 0 Å². The van der Waals surface area contributed by atoms with Gasteiger partial charge in [0.1, 0.15) is 6.54 Å². The van der Waals surface area contributed by atoms with E-state index in [0.29, 0.717) is 9.47 Å². The highest BCUT2D eigenvalue weighted by Gasteiger charge is 2.27. The predicted octanol–water partition coefficient (Wildman–Crippen LogP) is 2.23. The summed E-state index contributed by atoms with van der Waals surface area (Å²) in [5.74, 6) is -0.867. The maximum absolute atomic E-state index is 11.9. The van der Waals surface area contributed by atoms with Crippen LogP contribution in [0.15, 0.2) is 4.34 Å². The van der Waals surface area contributed by atoms with Crippen LogP contribution in [0, 0.1) is 0 Å². The first-order valence-electron chi connectivity index (χ1n) is 6.64. The second-order valence-corrected chi connectivity index (χ2v) is 6.49. The number of unbranched alkanes of at least 4 members (excludes halogenated alkanes) is 1. The van der Waals surface area contributed by atoms with Crippen molar-refractivity contribution in [3.63, 3.8) is 0 Å². The molecular weight excluding hydrogens is 355 g/mol. The number of amides is 3. The summed E-state index contributed by atoms with van der Waals surface area (Å²) in [4.78, 5) is 22.5. The molecule has 0 saturated carbocycles. The molecule has 1 heterocycles. The maximum Gasteiger partial charge on any atom is 0.405 e. The number of aromatic nitrogens is 2. The van der Waals surface area contributed by atoms with Gasteiger partial charge in [0.2, 0.25) is 11.0 Å². The van der Waals surface area contributed by atoms with Crippen LogP contribution in [0.2, 0.25) is 0 Å². The monoisotopic (exact) mass is 371 g/mol. The smallest absolute Gasteiger partial charge is 0.360 e. The van der Waals surface area contributed by atoms with Crippen LogP contribution in [-0.4, -0.2) is 47.2 Å². The highest BCUT2D eigenvalue weighted by atomic mass is 32.2. The van der Waals surface area contributed by atoms with Gasteiger partial charge in [-0.3, -0.25) is 10.1 Å². The molecule has 0 atom stereocenters. The molecule has 12 heteroatoms. The van der Waals surface area contributed by atoms with Crippen LogP contribution >= 0.6 is 23.1 Å². The molecule has 1 aromatic rings. The van der Waals surface area contributed by atoms with E-state index in [1.165, 1.54) is 11.3 Å². The zero-order valence-electron chi connectivity index (χ0n) is 12.2. The Morgan fingerprint density at radius 2 is 2.04 bits per heavy atom. The fourth-order valence-corrected chi connectivity index (χ4v) is 2.80. The van der Waals surface area contributed by atoms with E-state index in [-0.39, 0.29) is 5.75 Å². The number of carbonyl (C=O) groups excluding carboxylic acids is 2. The van der Waals surface area contributed by atoms with E-state index in [2.05, 4.69) is 22.4 Å². The van der Waals surface area contributed by atoms with E-state index < -0.39 is 24.7 Å². The van der Waals surface area contributed by atoms with E-state index in [1.54, 1.807) is 10.6 Å². The van der Waals surface area contributed by atoms with Gasteiger partial charge in [-0.2, -0.15) is 13.2 Å². The Kier molecular flexibility index (Phi) is 8.09. The highest BCUT2D eigenvalue weighted by Crippen LogP contribution is 2.25. The first-order valence-corrected chi connectivity index (χ1v) is 8.45. The maximum atomic E-state index is 11.9.